The third-order valence-electron chi connectivity index (χ3n) is 8.32. The van der Waals surface area contributed by atoms with Crippen LogP contribution in [-0.2, 0) is 23.9 Å². The highest BCUT2D eigenvalue weighted by Gasteiger charge is 2.78. The third kappa shape index (κ3) is 4.29. The molecule has 1 spiro atoms. The van der Waals surface area contributed by atoms with Crippen LogP contribution in [0.25, 0.3) is 0 Å². The molecule has 3 aliphatic heterocycles. The summed E-state index contributed by atoms with van der Waals surface area (Å²) < 4.78 is 11.9. The summed E-state index contributed by atoms with van der Waals surface area (Å²) in [6.45, 7) is 4.53. The number of likely N-dealkylation sites (tertiary alicyclic amines) is 1. The number of amides is 2. The summed E-state index contributed by atoms with van der Waals surface area (Å²) in [4.78, 5) is 42.1. The zero-order valence-electron chi connectivity index (χ0n) is 20.1. The quantitative estimate of drug-likeness (QED) is 0.380. The van der Waals surface area contributed by atoms with Crippen LogP contribution in [0.3, 0.4) is 0 Å². The molecule has 0 aromatic rings. The van der Waals surface area contributed by atoms with Crippen molar-refractivity contribution >= 4 is 17.8 Å². The number of aliphatic hydroxyl groups is 1. The fourth-order valence-electron chi connectivity index (χ4n) is 6.83. The molecule has 0 aromatic heterocycles. The van der Waals surface area contributed by atoms with Crippen LogP contribution in [0.5, 0.6) is 0 Å². The molecule has 8 nitrogen and oxygen atoms in total. The van der Waals surface area contributed by atoms with E-state index >= 15 is 0 Å². The molecule has 3 saturated heterocycles. The number of rotatable bonds is 10. The van der Waals surface area contributed by atoms with Gasteiger partial charge in [-0.15, -0.1) is 0 Å². The SMILES string of the molecule is CCOC(=O)[C@@H]1[C@H]2C(=O)N(CCCCCCO)C(C(=O)NC3CCCCC3)C23CC[C@@]1(C)O3. The van der Waals surface area contributed by atoms with Gasteiger partial charge in [-0.05, 0) is 52.4 Å². The average Bonchev–Trinajstić information content (AvgIpc) is 3.35. The van der Waals surface area contributed by atoms with Gasteiger partial charge in [-0.3, -0.25) is 14.4 Å². The number of fused-ring (bicyclic) bond motifs is 1. The summed E-state index contributed by atoms with van der Waals surface area (Å²) >= 11 is 0. The molecule has 1 aliphatic carbocycles. The van der Waals surface area contributed by atoms with Crippen LogP contribution in [0, 0.1) is 11.8 Å². The maximum atomic E-state index is 13.8. The Morgan fingerprint density at radius 3 is 2.58 bits per heavy atom. The highest BCUT2D eigenvalue weighted by atomic mass is 16.6. The Morgan fingerprint density at radius 1 is 1.15 bits per heavy atom. The van der Waals surface area contributed by atoms with Gasteiger partial charge in [0.05, 0.1) is 18.1 Å². The number of nitrogens with zero attached hydrogens (tertiary/aromatic N) is 1. The van der Waals surface area contributed by atoms with Gasteiger partial charge in [-0.25, -0.2) is 0 Å². The van der Waals surface area contributed by atoms with Gasteiger partial charge in [0.1, 0.15) is 17.6 Å². The maximum absolute atomic E-state index is 13.8. The van der Waals surface area contributed by atoms with Crippen LogP contribution in [0.2, 0.25) is 0 Å². The van der Waals surface area contributed by atoms with Crippen molar-refractivity contribution in [3.63, 3.8) is 0 Å². The lowest BCUT2D eigenvalue weighted by Gasteiger charge is -2.35. The minimum Gasteiger partial charge on any atom is -0.466 e. The van der Waals surface area contributed by atoms with Crippen LogP contribution in [0.4, 0.5) is 0 Å². The first-order valence-corrected chi connectivity index (χ1v) is 13.0. The first-order valence-electron chi connectivity index (χ1n) is 13.0. The minimum atomic E-state index is -0.965. The van der Waals surface area contributed by atoms with E-state index < -0.39 is 35.0 Å². The summed E-state index contributed by atoms with van der Waals surface area (Å²) in [6, 6.07) is -0.575. The van der Waals surface area contributed by atoms with Crippen LogP contribution in [0.1, 0.15) is 84.5 Å². The van der Waals surface area contributed by atoms with Crippen molar-refractivity contribution in [2.24, 2.45) is 11.8 Å². The molecule has 4 rings (SSSR count). The number of esters is 1. The second kappa shape index (κ2) is 9.90. The van der Waals surface area contributed by atoms with Crippen molar-refractivity contribution in [2.45, 2.75) is 108 Å². The van der Waals surface area contributed by atoms with Crippen LogP contribution in [0.15, 0.2) is 0 Å². The molecule has 4 aliphatic rings. The number of ether oxygens (including phenoxy) is 2. The largest absolute Gasteiger partial charge is 0.466 e. The van der Waals surface area contributed by atoms with Gasteiger partial charge >= 0.3 is 5.97 Å². The number of unbranched alkanes of at least 4 members (excludes halogenated alkanes) is 3. The maximum Gasteiger partial charge on any atom is 0.312 e. The molecule has 2 unspecified atom stereocenters. The highest BCUT2D eigenvalue weighted by Crippen LogP contribution is 2.63. The van der Waals surface area contributed by atoms with Crippen LogP contribution in [-0.4, -0.2) is 70.8 Å². The monoisotopic (exact) mass is 464 g/mol. The summed E-state index contributed by atoms with van der Waals surface area (Å²) in [7, 11) is 0. The van der Waals surface area contributed by atoms with Gasteiger partial charge in [0.2, 0.25) is 11.8 Å². The molecular formula is C25H40N2O6. The lowest BCUT2D eigenvalue weighted by Crippen LogP contribution is -2.57. The van der Waals surface area contributed by atoms with E-state index in [0.29, 0.717) is 19.4 Å². The molecule has 3 heterocycles. The predicted octanol–water partition coefficient (Wildman–Crippen LogP) is 2.32. The molecular weight excluding hydrogens is 424 g/mol. The molecule has 2 bridgehead atoms. The normalized spacial score (nSPS) is 35.7. The minimum absolute atomic E-state index is 0.137. The number of nitrogens with one attached hydrogen (secondary N) is 1. The molecule has 8 heteroatoms. The van der Waals surface area contributed by atoms with Gasteiger partial charge in [-0.2, -0.15) is 0 Å². The van der Waals surface area contributed by atoms with E-state index in [9.17, 15) is 14.4 Å². The van der Waals surface area contributed by atoms with E-state index in [1.165, 1.54) is 6.42 Å². The molecule has 2 N–H and O–H groups in total. The Balaban J connectivity index is 1.59. The van der Waals surface area contributed by atoms with Crippen molar-refractivity contribution in [1.29, 1.82) is 0 Å². The van der Waals surface area contributed by atoms with Gasteiger partial charge in [0.25, 0.3) is 0 Å². The number of carbonyl (C=O) groups is 3. The Bertz CT molecular complexity index is 753. The Kier molecular flexibility index (Phi) is 7.34. The Hall–Kier alpha value is -1.67. The molecule has 2 amide bonds. The molecule has 4 fully saturated rings. The zero-order valence-corrected chi connectivity index (χ0v) is 20.1. The second-order valence-corrected chi connectivity index (χ2v) is 10.5. The summed E-state index contributed by atoms with van der Waals surface area (Å²) in [5.74, 6) is -2.03. The molecule has 186 valence electrons. The fraction of sp³-hybridized carbons (Fsp3) is 0.880. The van der Waals surface area contributed by atoms with E-state index in [1.54, 1.807) is 11.8 Å². The second-order valence-electron chi connectivity index (χ2n) is 10.5. The molecule has 1 saturated carbocycles. The van der Waals surface area contributed by atoms with Gasteiger partial charge in [-0.1, -0.05) is 32.1 Å². The van der Waals surface area contributed by atoms with Crippen LogP contribution < -0.4 is 5.32 Å². The number of hydrogen-bond acceptors (Lipinski definition) is 6. The van der Waals surface area contributed by atoms with E-state index in [2.05, 4.69) is 5.32 Å². The van der Waals surface area contributed by atoms with Crippen molar-refractivity contribution < 1.29 is 29.0 Å². The van der Waals surface area contributed by atoms with Crippen molar-refractivity contribution in [2.75, 3.05) is 19.8 Å². The van der Waals surface area contributed by atoms with E-state index in [4.69, 9.17) is 14.6 Å². The average molecular weight is 465 g/mol. The third-order valence-corrected chi connectivity index (χ3v) is 8.32. The standard InChI is InChI=1S/C25H40N2O6/c1-3-32-23(31)19-18-22(30)27(15-9-4-5-10-16-28)20(25(18)14-13-24(19,2)33-25)21(29)26-17-11-7-6-8-12-17/h17-20,28H,3-16H2,1-2H3,(H,26,29)/t18-,19-,20?,24+,25?/m0/s1. The lowest BCUT2D eigenvalue weighted by molar-refractivity contribution is -0.159. The molecule has 33 heavy (non-hydrogen) atoms. The first-order chi connectivity index (χ1) is 15.9. The van der Waals surface area contributed by atoms with Crippen molar-refractivity contribution in [3.05, 3.63) is 0 Å². The van der Waals surface area contributed by atoms with E-state index in [-0.39, 0.29) is 31.1 Å². The topological polar surface area (TPSA) is 105 Å². The predicted molar refractivity (Wildman–Crippen MR) is 121 cm³/mol. The Morgan fingerprint density at radius 2 is 1.88 bits per heavy atom. The first kappa shape index (κ1) is 24.5. The van der Waals surface area contributed by atoms with Gasteiger partial charge in [0, 0.05) is 19.2 Å². The van der Waals surface area contributed by atoms with Gasteiger partial charge in [0.15, 0.2) is 0 Å². The van der Waals surface area contributed by atoms with Crippen molar-refractivity contribution in [1.82, 2.24) is 10.2 Å². The number of aliphatic hydroxyl groups excluding tert-OH is 1. The fourth-order valence-corrected chi connectivity index (χ4v) is 6.83. The van der Waals surface area contributed by atoms with Crippen LogP contribution >= 0.6 is 0 Å². The van der Waals surface area contributed by atoms with Crippen molar-refractivity contribution in [3.8, 4) is 0 Å². The highest BCUT2D eigenvalue weighted by molar-refractivity contribution is 5.98. The molecule has 0 radical (unpaired) electrons. The summed E-state index contributed by atoms with van der Waals surface area (Å²) in [5, 5.41) is 12.3. The van der Waals surface area contributed by atoms with E-state index in [1.807, 2.05) is 6.92 Å². The summed E-state index contributed by atoms with van der Waals surface area (Å²) in [6.07, 6.45) is 9.82. The lowest BCUT2D eigenvalue weighted by atomic mass is 9.66. The molecule has 0 aromatic carbocycles. The smallest absolute Gasteiger partial charge is 0.312 e. The number of carbonyl (C=O) groups excluding carboxylic acids is 3. The number of hydrogen-bond donors (Lipinski definition) is 2. The summed E-state index contributed by atoms with van der Waals surface area (Å²) in [5.41, 5.74) is -1.74. The molecule has 5 atom stereocenters. The zero-order chi connectivity index (χ0) is 23.6. The van der Waals surface area contributed by atoms with E-state index in [0.717, 1.165) is 51.4 Å². The Labute approximate surface area is 196 Å². The van der Waals surface area contributed by atoms with Gasteiger partial charge < -0.3 is 24.8 Å².